The molecular weight excluding hydrogens is 247 g/mol. The molecule has 0 spiro atoms. The van der Waals surface area contributed by atoms with Crippen molar-refractivity contribution in [3.8, 4) is 11.4 Å². The topological polar surface area (TPSA) is 50.7 Å². The van der Waals surface area contributed by atoms with Crippen molar-refractivity contribution >= 4 is 29.0 Å². The first-order valence-corrected chi connectivity index (χ1v) is 5.29. The van der Waals surface area contributed by atoms with Gasteiger partial charge < -0.3 is 5.32 Å². The number of rotatable bonds is 2. The molecular formula is C10H8Cl2N4. The minimum atomic E-state index is 0.466. The second kappa shape index (κ2) is 4.63. The zero-order valence-electron chi connectivity index (χ0n) is 8.41. The maximum atomic E-state index is 6.05. The molecule has 0 radical (unpaired) electrons. The summed E-state index contributed by atoms with van der Waals surface area (Å²) < 4.78 is 0. The zero-order valence-corrected chi connectivity index (χ0v) is 9.92. The summed E-state index contributed by atoms with van der Waals surface area (Å²) in [6, 6.07) is 5.15. The van der Waals surface area contributed by atoms with Gasteiger partial charge in [-0.1, -0.05) is 23.2 Å². The van der Waals surface area contributed by atoms with Crippen LogP contribution >= 0.6 is 23.2 Å². The van der Waals surface area contributed by atoms with E-state index in [2.05, 4.69) is 20.5 Å². The van der Waals surface area contributed by atoms with Crippen LogP contribution in [0.1, 0.15) is 0 Å². The van der Waals surface area contributed by atoms with Crippen LogP contribution < -0.4 is 5.32 Å². The van der Waals surface area contributed by atoms with E-state index < -0.39 is 0 Å². The lowest BCUT2D eigenvalue weighted by molar-refractivity contribution is 0.981. The number of hydrogen-bond acceptors (Lipinski definition) is 4. The van der Waals surface area contributed by atoms with Crippen molar-refractivity contribution in [1.29, 1.82) is 0 Å². The van der Waals surface area contributed by atoms with E-state index in [1.165, 1.54) is 6.20 Å². The molecule has 6 heteroatoms. The van der Waals surface area contributed by atoms with E-state index in [9.17, 15) is 0 Å². The van der Waals surface area contributed by atoms with Crippen LogP contribution in [0, 0.1) is 0 Å². The van der Waals surface area contributed by atoms with Crippen LogP contribution in [0.3, 0.4) is 0 Å². The van der Waals surface area contributed by atoms with E-state index in [-0.39, 0.29) is 0 Å². The molecule has 0 saturated heterocycles. The molecule has 82 valence electrons. The molecule has 0 fully saturated rings. The summed E-state index contributed by atoms with van der Waals surface area (Å²) in [5.74, 6) is 1.10. The standard InChI is InChI=1S/C10H8Cl2N4/c1-13-9-5-14-16-10(15-9)7-3-2-6(11)4-8(7)12/h2-5H,1H3,(H,13,15,16). The van der Waals surface area contributed by atoms with Crippen molar-refractivity contribution in [1.82, 2.24) is 15.2 Å². The third kappa shape index (κ3) is 2.23. The second-order valence-corrected chi connectivity index (χ2v) is 3.88. The van der Waals surface area contributed by atoms with Crippen molar-refractivity contribution in [2.24, 2.45) is 0 Å². The van der Waals surface area contributed by atoms with Crippen LogP contribution in [0.2, 0.25) is 10.0 Å². The summed E-state index contributed by atoms with van der Waals surface area (Å²) in [4.78, 5) is 4.24. The molecule has 0 amide bonds. The van der Waals surface area contributed by atoms with Gasteiger partial charge in [0.05, 0.1) is 11.2 Å². The Hall–Kier alpha value is -1.39. The summed E-state index contributed by atoms with van der Waals surface area (Å²) in [6.07, 6.45) is 1.54. The predicted octanol–water partition coefficient (Wildman–Crippen LogP) is 2.89. The molecule has 1 N–H and O–H groups in total. The number of hydrogen-bond donors (Lipinski definition) is 1. The first kappa shape index (κ1) is 11.1. The van der Waals surface area contributed by atoms with Gasteiger partial charge >= 0.3 is 0 Å². The zero-order chi connectivity index (χ0) is 11.5. The van der Waals surface area contributed by atoms with Gasteiger partial charge in [-0.25, -0.2) is 4.98 Å². The van der Waals surface area contributed by atoms with E-state index in [1.54, 1.807) is 25.2 Å². The third-order valence-corrected chi connectivity index (χ3v) is 2.53. The van der Waals surface area contributed by atoms with E-state index in [1.807, 2.05) is 0 Å². The van der Waals surface area contributed by atoms with Crippen LogP contribution in [0.4, 0.5) is 5.82 Å². The summed E-state index contributed by atoms with van der Waals surface area (Å²) in [7, 11) is 1.76. The Kier molecular flexibility index (Phi) is 3.22. The highest BCUT2D eigenvalue weighted by Crippen LogP contribution is 2.27. The fourth-order valence-electron chi connectivity index (χ4n) is 1.21. The van der Waals surface area contributed by atoms with Crippen LogP contribution in [-0.4, -0.2) is 22.2 Å². The largest absolute Gasteiger partial charge is 0.372 e. The average molecular weight is 255 g/mol. The van der Waals surface area contributed by atoms with Crippen LogP contribution in [-0.2, 0) is 0 Å². The number of nitrogens with zero attached hydrogens (tertiary/aromatic N) is 3. The molecule has 2 rings (SSSR count). The highest BCUT2D eigenvalue weighted by Gasteiger charge is 2.08. The lowest BCUT2D eigenvalue weighted by Gasteiger charge is -2.04. The van der Waals surface area contributed by atoms with Crippen molar-refractivity contribution in [2.75, 3.05) is 12.4 Å². The maximum absolute atomic E-state index is 6.05. The lowest BCUT2D eigenvalue weighted by atomic mass is 10.2. The number of aromatic nitrogens is 3. The highest BCUT2D eigenvalue weighted by atomic mass is 35.5. The Labute approximate surface area is 103 Å². The molecule has 0 aliphatic heterocycles. The van der Waals surface area contributed by atoms with Gasteiger partial charge in [-0.2, -0.15) is 5.10 Å². The van der Waals surface area contributed by atoms with Gasteiger partial charge in [-0.15, -0.1) is 5.10 Å². The molecule has 0 aliphatic rings. The van der Waals surface area contributed by atoms with Gasteiger partial charge in [-0.3, -0.25) is 0 Å². The van der Waals surface area contributed by atoms with Gasteiger partial charge in [0.2, 0.25) is 0 Å². The van der Waals surface area contributed by atoms with Gasteiger partial charge in [-0.05, 0) is 18.2 Å². The molecule has 0 aliphatic carbocycles. The predicted molar refractivity (Wildman–Crippen MR) is 64.8 cm³/mol. The van der Waals surface area contributed by atoms with Crippen molar-refractivity contribution < 1.29 is 0 Å². The Morgan fingerprint density at radius 2 is 2.06 bits per heavy atom. The fourth-order valence-corrected chi connectivity index (χ4v) is 1.70. The first-order valence-electron chi connectivity index (χ1n) is 4.53. The molecule has 0 atom stereocenters. The van der Waals surface area contributed by atoms with Crippen LogP contribution in [0.15, 0.2) is 24.4 Å². The van der Waals surface area contributed by atoms with Crippen molar-refractivity contribution in [3.63, 3.8) is 0 Å². The molecule has 1 aromatic carbocycles. The number of benzene rings is 1. The number of halogens is 2. The molecule has 1 heterocycles. The van der Waals surface area contributed by atoms with Crippen molar-refractivity contribution in [3.05, 3.63) is 34.4 Å². The van der Waals surface area contributed by atoms with Crippen LogP contribution in [0.5, 0.6) is 0 Å². The minimum Gasteiger partial charge on any atom is -0.372 e. The normalized spacial score (nSPS) is 10.2. The SMILES string of the molecule is CNc1cnnc(-c2ccc(Cl)cc2Cl)n1. The summed E-state index contributed by atoms with van der Waals surface area (Å²) >= 11 is 11.9. The molecule has 0 saturated carbocycles. The lowest BCUT2D eigenvalue weighted by Crippen LogP contribution is -1.98. The van der Waals surface area contributed by atoms with Crippen LogP contribution in [0.25, 0.3) is 11.4 Å². The van der Waals surface area contributed by atoms with Gasteiger partial charge in [0.25, 0.3) is 0 Å². The van der Waals surface area contributed by atoms with Gasteiger partial charge in [0.15, 0.2) is 5.82 Å². The fraction of sp³-hybridized carbons (Fsp3) is 0.100. The highest BCUT2D eigenvalue weighted by molar-refractivity contribution is 6.36. The summed E-state index contributed by atoms with van der Waals surface area (Å²) in [5, 5.41) is 11.7. The monoisotopic (exact) mass is 254 g/mol. The molecule has 0 unspecified atom stereocenters. The van der Waals surface area contributed by atoms with Gasteiger partial charge in [0, 0.05) is 17.6 Å². The average Bonchev–Trinajstić information content (AvgIpc) is 2.29. The quantitative estimate of drug-likeness (QED) is 0.896. The van der Waals surface area contributed by atoms with Crippen molar-refractivity contribution in [2.45, 2.75) is 0 Å². The second-order valence-electron chi connectivity index (χ2n) is 3.04. The minimum absolute atomic E-state index is 0.466. The third-order valence-electron chi connectivity index (χ3n) is 1.99. The first-order chi connectivity index (χ1) is 7.70. The molecule has 1 aromatic heterocycles. The summed E-state index contributed by atoms with van der Waals surface area (Å²) in [6.45, 7) is 0. The smallest absolute Gasteiger partial charge is 0.185 e. The van der Waals surface area contributed by atoms with E-state index in [0.717, 1.165) is 0 Å². The Morgan fingerprint density at radius 3 is 2.75 bits per heavy atom. The molecule has 4 nitrogen and oxygen atoms in total. The number of anilines is 1. The molecule has 0 bridgehead atoms. The maximum Gasteiger partial charge on any atom is 0.185 e. The molecule has 16 heavy (non-hydrogen) atoms. The van der Waals surface area contributed by atoms with Gasteiger partial charge in [0.1, 0.15) is 5.82 Å². The van der Waals surface area contributed by atoms with E-state index in [4.69, 9.17) is 23.2 Å². The summed E-state index contributed by atoms with van der Waals surface area (Å²) in [5.41, 5.74) is 0.704. The Bertz CT molecular complexity index is 516. The molecule has 2 aromatic rings. The Morgan fingerprint density at radius 1 is 1.25 bits per heavy atom. The Balaban J connectivity index is 2.49. The number of nitrogens with one attached hydrogen (secondary N) is 1. The van der Waals surface area contributed by atoms with E-state index in [0.29, 0.717) is 27.3 Å². The van der Waals surface area contributed by atoms with E-state index >= 15 is 0 Å².